The first-order valence-corrected chi connectivity index (χ1v) is 5.97. The van der Waals surface area contributed by atoms with Crippen LogP contribution in [0.4, 0.5) is 0 Å². The normalized spacial score (nSPS) is 12.1. The number of benzene rings is 1. The third-order valence-electron chi connectivity index (χ3n) is 1.84. The van der Waals surface area contributed by atoms with Crippen molar-refractivity contribution in [3.05, 3.63) is 23.8 Å². The molecule has 5 heteroatoms. The molecule has 0 saturated carbocycles. The lowest BCUT2D eigenvalue weighted by Gasteiger charge is -2.04. The average molecular weight is 228 g/mol. The average Bonchev–Trinajstić information content (AvgIpc) is 2.16. The smallest absolute Gasteiger partial charge is 0.175 e. The standard InChI is InChI=1S/C10H12O4S/c1-14-10-4-3-7(5-8(10)11)9(12)6-15(2)13/h3-5,11H,6H2,1-2H3. The lowest BCUT2D eigenvalue weighted by molar-refractivity contribution is 0.102. The van der Waals surface area contributed by atoms with Crippen LogP contribution in [0.1, 0.15) is 10.4 Å². The van der Waals surface area contributed by atoms with E-state index in [0.717, 1.165) is 0 Å². The van der Waals surface area contributed by atoms with Crippen LogP contribution in [-0.4, -0.2) is 34.2 Å². The number of aromatic hydroxyl groups is 1. The number of carbonyl (C=O) groups is 1. The molecule has 0 aliphatic rings. The lowest BCUT2D eigenvalue weighted by atomic mass is 10.1. The fraction of sp³-hybridized carbons (Fsp3) is 0.300. The van der Waals surface area contributed by atoms with Gasteiger partial charge in [0.05, 0.1) is 12.9 Å². The minimum Gasteiger partial charge on any atom is -0.504 e. The summed E-state index contributed by atoms with van der Waals surface area (Å²) in [6, 6.07) is 4.35. The van der Waals surface area contributed by atoms with Crippen molar-refractivity contribution >= 4 is 16.6 Å². The number of ether oxygens (including phenoxy) is 1. The van der Waals surface area contributed by atoms with E-state index in [-0.39, 0.29) is 17.3 Å². The molecule has 1 aromatic rings. The summed E-state index contributed by atoms with van der Waals surface area (Å²) in [5.74, 6) is -0.0747. The first-order valence-electron chi connectivity index (χ1n) is 4.25. The van der Waals surface area contributed by atoms with E-state index in [9.17, 15) is 14.1 Å². The predicted molar refractivity (Wildman–Crippen MR) is 57.9 cm³/mol. The molecule has 0 saturated heterocycles. The molecule has 1 atom stereocenters. The molecule has 1 N–H and O–H groups in total. The summed E-state index contributed by atoms with van der Waals surface area (Å²) in [5.41, 5.74) is 0.337. The topological polar surface area (TPSA) is 63.6 Å². The quantitative estimate of drug-likeness (QED) is 0.780. The van der Waals surface area contributed by atoms with E-state index in [1.807, 2.05) is 0 Å². The Kier molecular flexibility index (Phi) is 3.85. The first-order chi connectivity index (χ1) is 7.04. The number of ketones is 1. The summed E-state index contributed by atoms with van der Waals surface area (Å²) in [4.78, 5) is 11.5. The Morgan fingerprint density at radius 1 is 1.53 bits per heavy atom. The largest absolute Gasteiger partial charge is 0.504 e. The van der Waals surface area contributed by atoms with Gasteiger partial charge >= 0.3 is 0 Å². The second-order valence-corrected chi connectivity index (χ2v) is 4.46. The number of methoxy groups -OCH3 is 1. The maximum atomic E-state index is 11.5. The van der Waals surface area contributed by atoms with Crippen LogP contribution in [0.15, 0.2) is 18.2 Å². The number of phenolic OH excluding ortho intramolecular Hbond substituents is 1. The SMILES string of the molecule is COc1ccc(C(=O)CS(C)=O)cc1O. The highest BCUT2D eigenvalue weighted by Crippen LogP contribution is 2.26. The summed E-state index contributed by atoms with van der Waals surface area (Å²) in [5, 5.41) is 9.42. The van der Waals surface area contributed by atoms with Crippen LogP contribution >= 0.6 is 0 Å². The van der Waals surface area contributed by atoms with E-state index >= 15 is 0 Å². The molecule has 1 rings (SSSR count). The van der Waals surface area contributed by atoms with Crippen molar-refractivity contribution < 1.29 is 18.8 Å². The van der Waals surface area contributed by atoms with Crippen molar-refractivity contribution in [2.45, 2.75) is 0 Å². The van der Waals surface area contributed by atoms with E-state index in [0.29, 0.717) is 11.3 Å². The minimum absolute atomic E-state index is 0.0359. The van der Waals surface area contributed by atoms with Crippen molar-refractivity contribution in [2.24, 2.45) is 0 Å². The van der Waals surface area contributed by atoms with Crippen LogP contribution in [0.25, 0.3) is 0 Å². The number of hydrogen-bond acceptors (Lipinski definition) is 4. The molecular weight excluding hydrogens is 216 g/mol. The molecule has 0 aromatic heterocycles. The molecule has 0 heterocycles. The third-order valence-corrected chi connectivity index (χ3v) is 2.50. The Balaban J connectivity index is 2.92. The van der Waals surface area contributed by atoms with Crippen molar-refractivity contribution in [1.29, 1.82) is 0 Å². The van der Waals surface area contributed by atoms with Crippen LogP contribution in [0.2, 0.25) is 0 Å². The molecule has 0 aliphatic heterocycles. The zero-order valence-corrected chi connectivity index (χ0v) is 9.34. The molecule has 0 fully saturated rings. The van der Waals surface area contributed by atoms with Crippen LogP contribution in [-0.2, 0) is 10.8 Å². The summed E-state index contributed by atoms with van der Waals surface area (Å²) in [6.45, 7) is 0. The predicted octanol–water partition coefficient (Wildman–Crippen LogP) is 0.962. The maximum Gasteiger partial charge on any atom is 0.175 e. The number of rotatable bonds is 4. The number of Topliss-reactive ketones (excluding diaryl/α,β-unsaturated/α-hetero) is 1. The minimum atomic E-state index is -1.17. The maximum absolute atomic E-state index is 11.5. The summed E-state index contributed by atoms with van der Waals surface area (Å²) < 4.78 is 15.7. The Morgan fingerprint density at radius 3 is 2.67 bits per heavy atom. The van der Waals surface area contributed by atoms with E-state index < -0.39 is 10.8 Å². The first kappa shape index (κ1) is 11.7. The van der Waals surface area contributed by atoms with E-state index in [4.69, 9.17) is 4.74 Å². The molecule has 0 bridgehead atoms. The highest BCUT2D eigenvalue weighted by atomic mass is 32.2. The van der Waals surface area contributed by atoms with Gasteiger partial charge in [-0.25, -0.2) is 0 Å². The molecule has 15 heavy (non-hydrogen) atoms. The van der Waals surface area contributed by atoms with Gasteiger partial charge in [-0.1, -0.05) is 0 Å². The highest BCUT2D eigenvalue weighted by molar-refractivity contribution is 7.85. The summed E-state index contributed by atoms with van der Waals surface area (Å²) in [6.07, 6.45) is 1.46. The fourth-order valence-corrected chi connectivity index (χ4v) is 1.67. The number of phenols is 1. The third kappa shape index (κ3) is 3.06. The van der Waals surface area contributed by atoms with Gasteiger partial charge in [-0.2, -0.15) is 0 Å². The molecule has 1 unspecified atom stereocenters. The zero-order chi connectivity index (χ0) is 11.4. The Labute approximate surface area is 90.3 Å². The molecule has 82 valence electrons. The molecule has 1 aromatic carbocycles. The van der Waals surface area contributed by atoms with Crippen LogP contribution in [0, 0.1) is 0 Å². The van der Waals surface area contributed by atoms with Crippen molar-refractivity contribution in [3.8, 4) is 11.5 Å². The van der Waals surface area contributed by atoms with Crippen LogP contribution in [0.3, 0.4) is 0 Å². The zero-order valence-electron chi connectivity index (χ0n) is 8.52. The van der Waals surface area contributed by atoms with Crippen molar-refractivity contribution in [2.75, 3.05) is 19.1 Å². The van der Waals surface area contributed by atoms with Crippen molar-refractivity contribution in [3.63, 3.8) is 0 Å². The Hall–Kier alpha value is -1.36. The van der Waals surface area contributed by atoms with Gasteiger partial charge in [0, 0.05) is 22.6 Å². The molecule has 0 radical (unpaired) electrons. The number of hydrogen-bond donors (Lipinski definition) is 1. The molecular formula is C10H12O4S. The molecule has 0 spiro atoms. The number of carbonyl (C=O) groups excluding carboxylic acids is 1. The van der Waals surface area contributed by atoms with E-state index in [2.05, 4.69) is 0 Å². The van der Waals surface area contributed by atoms with Gasteiger partial charge < -0.3 is 9.84 Å². The van der Waals surface area contributed by atoms with E-state index in [1.54, 1.807) is 0 Å². The monoisotopic (exact) mass is 228 g/mol. The molecule has 0 aliphatic carbocycles. The van der Waals surface area contributed by atoms with Gasteiger partial charge in [0.1, 0.15) is 0 Å². The summed E-state index contributed by atoms with van der Waals surface area (Å²) in [7, 11) is 0.256. The van der Waals surface area contributed by atoms with Crippen LogP contribution in [0.5, 0.6) is 11.5 Å². The molecule has 0 amide bonds. The highest BCUT2D eigenvalue weighted by Gasteiger charge is 2.10. The van der Waals surface area contributed by atoms with Gasteiger partial charge in [-0.3, -0.25) is 9.00 Å². The van der Waals surface area contributed by atoms with Crippen LogP contribution < -0.4 is 4.74 Å². The second-order valence-electron chi connectivity index (χ2n) is 3.03. The lowest BCUT2D eigenvalue weighted by Crippen LogP contribution is -2.09. The molecule has 4 nitrogen and oxygen atoms in total. The van der Waals surface area contributed by atoms with Gasteiger partial charge in [0.15, 0.2) is 17.3 Å². The second kappa shape index (κ2) is 4.93. The van der Waals surface area contributed by atoms with Gasteiger partial charge in [0.25, 0.3) is 0 Å². The summed E-state index contributed by atoms with van der Waals surface area (Å²) >= 11 is 0. The Bertz CT molecular complexity index is 400. The fourth-order valence-electron chi connectivity index (χ4n) is 1.13. The van der Waals surface area contributed by atoms with Gasteiger partial charge in [0.2, 0.25) is 0 Å². The van der Waals surface area contributed by atoms with Gasteiger partial charge in [-0.05, 0) is 18.2 Å². The van der Waals surface area contributed by atoms with Crippen molar-refractivity contribution in [1.82, 2.24) is 0 Å². The van der Waals surface area contributed by atoms with E-state index in [1.165, 1.54) is 31.6 Å². The van der Waals surface area contributed by atoms with Gasteiger partial charge in [-0.15, -0.1) is 0 Å². The Morgan fingerprint density at radius 2 is 2.20 bits per heavy atom.